The van der Waals surface area contributed by atoms with Gasteiger partial charge in [0.15, 0.2) is 5.78 Å². The maximum absolute atomic E-state index is 12.3. The van der Waals surface area contributed by atoms with Crippen LogP contribution in [0.3, 0.4) is 0 Å². The molecule has 1 aliphatic heterocycles. The number of aryl methyl sites for hydroxylation is 1. The van der Waals surface area contributed by atoms with Crippen molar-refractivity contribution in [2.24, 2.45) is 11.8 Å². The average Bonchev–Trinajstić information content (AvgIpc) is 2.88. The third-order valence-corrected chi connectivity index (χ3v) is 4.43. The SMILES string of the molecule is CCCc1ccc(C(=O)CN2CCC(C(C)C)C2)cc1. The second kappa shape index (κ2) is 7.03. The number of nitrogens with zero attached hydrogens (tertiary/aromatic N) is 1. The molecule has 1 saturated heterocycles. The third kappa shape index (κ3) is 3.92. The largest absolute Gasteiger partial charge is 0.296 e. The molecule has 2 nitrogen and oxygen atoms in total. The summed E-state index contributed by atoms with van der Waals surface area (Å²) in [6.45, 7) is 9.47. The van der Waals surface area contributed by atoms with E-state index in [2.05, 4.69) is 37.8 Å². The summed E-state index contributed by atoms with van der Waals surface area (Å²) in [5.41, 5.74) is 2.18. The Morgan fingerprint density at radius 3 is 2.55 bits per heavy atom. The minimum absolute atomic E-state index is 0.262. The van der Waals surface area contributed by atoms with Crippen molar-refractivity contribution >= 4 is 5.78 Å². The van der Waals surface area contributed by atoms with Crippen molar-refractivity contribution in [2.75, 3.05) is 19.6 Å². The van der Waals surface area contributed by atoms with Crippen LogP contribution in [0, 0.1) is 11.8 Å². The predicted molar refractivity (Wildman–Crippen MR) is 84.2 cm³/mol. The highest BCUT2D eigenvalue weighted by Gasteiger charge is 2.26. The van der Waals surface area contributed by atoms with Crippen LogP contribution in [0.25, 0.3) is 0 Å². The first-order valence-electron chi connectivity index (χ1n) is 7.94. The number of carbonyl (C=O) groups is 1. The van der Waals surface area contributed by atoms with E-state index in [1.807, 2.05) is 12.1 Å². The molecule has 0 N–H and O–H groups in total. The molecule has 0 radical (unpaired) electrons. The molecule has 2 heteroatoms. The first-order chi connectivity index (χ1) is 9.60. The molecule has 0 bridgehead atoms. The Bertz CT molecular complexity index is 435. The van der Waals surface area contributed by atoms with Gasteiger partial charge >= 0.3 is 0 Å². The lowest BCUT2D eigenvalue weighted by Crippen LogP contribution is -2.28. The Labute approximate surface area is 123 Å². The highest BCUT2D eigenvalue weighted by Crippen LogP contribution is 2.23. The van der Waals surface area contributed by atoms with Crippen LogP contribution in [0.15, 0.2) is 24.3 Å². The number of carbonyl (C=O) groups excluding carboxylic acids is 1. The Balaban J connectivity index is 1.89. The maximum atomic E-state index is 12.3. The van der Waals surface area contributed by atoms with Gasteiger partial charge in [0.25, 0.3) is 0 Å². The van der Waals surface area contributed by atoms with Crippen molar-refractivity contribution in [2.45, 2.75) is 40.0 Å². The van der Waals surface area contributed by atoms with Gasteiger partial charge in [-0.05, 0) is 36.8 Å². The van der Waals surface area contributed by atoms with Crippen LogP contribution in [-0.2, 0) is 6.42 Å². The first-order valence-corrected chi connectivity index (χ1v) is 7.94. The summed E-state index contributed by atoms with van der Waals surface area (Å²) < 4.78 is 0. The molecule has 1 aliphatic rings. The molecule has 0 aliphatic carbocycles. The Morgan fingerprint density at radius 2 is 2.00 bits per heavy atom. The van der Waals surface area contributed by atoms with Crippen molar-refractivity contribution in [1.82, 2.24) is 4.90 Å². The zero-order valence-corrected chi connectivity index (χ0v) is 13.1. The molecule has 1 fully saturated rings. The summed E-state index contributed by atoms with van der Waals surface area (Å²) in [7, 11) is 0. The molecule has 2 rings (SSSR count). The number of Topliss-reactive ketones (excluding diaryl/α,β-unsaturated/α-hetero) is 1. The average molecular weight is 273 g/mol. The van der Waals surface area contributed by atoms with Gasteiger partial charge in [0.05, 0.1) is 6.54 Å². The quantitative estimate of drug-likeness (QED) is 0.735. The number of ketones is 1. The van der Waals surface area contributed by atoms with Crippen LogP contribution < -0.4 is 0 Å². The van der Waals surface area contributed by atoms with Crippen LogP contribution >= 0.6 is 0 Å². The fraction of sp³-hybridized carbons (Fsp3) is 0.611. The van der Waals surface area contributed by atoms with Gasteiger partial charge in [-0.1, -0.05) is 51.5 Å². The van der Waals surface area contributed by atoms with Crippen LogP contribution in [0.2, 0.25) is 0 Å². The lowest BCUT2D eigenvalue weighted by atomic mass is 9.95. The number of benzene rings is 1. The number of hydrogen-bond donors (Lipinski definition) is 0. The lowest BCUT2D eigenvalue weighted by Gasteiger charge is -2.17. The van der Waals surface area contributed by atoms with Crippen LogP contribution in [0.5, 0.6) is 0 Å². The maximum Gasteiger partial charge on any atom is 0.176 e. The predicted octanol–water partition coefficient (Wildman–Crippen LogP) is 3.80. The molecule has 0 saturated carbocycles. The van der Waals surface area contributed by atoms with Gasteiger partial charge in [-0.15, -0.1) is 0 Å². The van der Waals surface area contributed by atoms with Gasteiger partial charge in [0.1, 0.15) is 0 Å². The van der Waals surface area contributed by atoms with Crippen molar-refractivity contribution in [1.29, 1.82) is 0 Å². The van der Waals surface area contributed by atoms with E-state index in [0.717, 1.165) is 43.3 Å². The summed E-state index contributed by atoms with van der Waals surface area (Å²) in [5.74, 6) is 1.75. The zero-order valence-electron chi connectivity index (χ0n) is 13.1. The smallest absolute Gasteiger partial charge is 0.176 e. The molecular formula is C18H27NO. The first kappa shape index (κ1) is 15.2. The minimum atomic E-state index is 0.262. The van der Waals surface area contributed by atoms with Gasteiger partial charge in [-0.25, -0.2) is 0 Å². The number of hydrogen-bond acceptors (Lipinski definition) is 2. The molecule has 1 aromatic carbocycles. The fourth-order valence-electron chi connectivity index (χ4n) is 2.99. The van der Waals surface area contributed by atoms with Gasteiger partial charge in [0.2, 0.25) is 0 Å². The van der Waals surface area contributed by atoms with E-state index < -0.39 is 0 Å². The van der Waals surface area contributed by atoms with E-state index in [-0.39, 0.29) is 5.78 Å². The summed E-state index contributed by atoms with van der Waals surface area (Å²) in [5, 5.41) is 0. The van der Waals surface area contributed by atoms with E-state index in [1.165, 1.54) is 12.0 Å². The Morgan fingerprint density at radius 1 is 1.30 bits per heavy atom. The van der Waals surface area contributed by atoms with Crippen molar-refractivity contribution < 1.29 is 4.79 Å². The van der Waals surface area contributed by atoms with E-state index >= 15 is 0 Å². The second-order valence-corrected chi connectivity index (χ2v) is 6.40. The molecule has 1 aromatic rings. The molecular weight excluding hydrogens is 246 g/mol. The summed E-state index contributed by atoms with van der Waals surface area (Å²) >= 11 is 0. The topological polar surface area (TPSA) is 20.3 Å². The van der Waals surface area contributed by atoms with E-state index in [0.29, 0.717) is 6.54 Å². The fourth-order valence-corrected chi connectivity index (χ4v) is 2.99. The summed E-state index contributed by atoms with van der Waals surface area (Å²) in [4.78, 5) is 14.6. The third-order valence-electron chi connectivity index (χ3n) is 4.43. The molecule has 110 valence electrons. The van der Waals surface area contributed by atoms with Crippen LogP contribution in [0.4, 0.5) is 0 Å². The molecule has 1 heterocycles. The monoisotopic (exact) mass is 273 g/mol. The summed E-state index contributed by atoms with van der Waals surface area (Å²) in [6, 6.07) is 8.17. The standard InChI is InChI=1S/C18H27NO/c1-4-5-15-6-8-16(9-7-15)18(20)13-19-11-10-17(12-19)14(2)3/h6-9,14,17H,4-5,10-13H2,1-3H3. The second-order valence-electron chi connectivity index (χ2n) is 6.40. The summed E-state index contributed by atoms with van der Waals surface area (Å²) in [6.07, 6.45) is 3.48. The Hall–Kier alpha value is -1.15. The van der Waals surface area contributed by atoms with Crippen molar-refractivity contribution in [3.8, 4) is 0 Å². The number of rotatable bonds is 6. The van der Waals surface area contributed by atoms with Crippen molar-refractivity contribution in [3.05, 3.63) is 35.4 Å². The van der Waals surface area contributed by atoms with Crippen LogP contribution in [-0.4, -0.2) is 30.3 Å². The lowest BCUT2D eigenvalue weighted by molar-refractivity contribution is 0.0942. The molecule has 0 aromatic heterocycles. The van der Waals surface area contributed by atoms with Crippen LogP contribution in [0.1, 0.15) is 49.5 Å². The molecule has 20 heavy (non-hydrogen) atoms. The molecule has 0 spiro atoms. The Kier molecular flexibility index (Phi) is 5.36. The van der Waals surface area contributed by atoms with Gasteiger partial charge < -0.3 is 0 Å². The highest BCUT2D eigenvalue weighted by molar-refractivity contribution is 5.97. The van der Waals surface area contributed by atoms with E-state index in [1.54, 1.807) is 0 Å². The van der Waals surface area contributed by atoms with Gasteiger partial charge in [0, 0.05) is 12.1 Å². The highest BCUT2D eigenvalue weighted by atomic mass is 16.1. The van der Waals surface area contributed by atoms with E-state index in [9.17, 15) is 4.79 Å². The van der Waals surface area contributed by atoms with E-state index in [4.69, 9.17) is 0 Å². The molecule has 1 unspecified atom stereocenters. The van der Waals surface area contributed by atoms with Gasteiger partial charge in [-0.3, -0.25) is 9.69 Å². The zero-order chi connectivity index (χ0) is 14.5. The van der Waals surface area contributed by atoms with Gasteiger partial charge in [-0.2, -0.15) is 0 Å². The molecule has 1 atom stereocenters. The van der Waals surface area contributed by atoms with Crippen molar-refractivity contribution in [3.63, 3.8) is 0 Å². The number of likely N-dealkylation sites (tertiary alicyclic amines) is 1. The normalized spacial score (nSPS) is 19.7. The molecule has 0 amide bonds. The minimum Gasteiger partial charge on any atom is -0.296 e.